The number of aromatic hydroxyl groups is 1. The van der Waals surface area contributed by atoms with Crippen molar-refractivity contribution in [3.8, 4) is 5.75 Å². The van der Waals surface area contributed by atoms with Crippen molar-refractivity contribution in [1.82, 2.24) is 4.57 Å². The average molecular weight is 397 g/mol. The van der Waals surface area contributed by atoms with Gasteiger partial charge in [0.2, 0.25) is 0 Å². The molecule has 8 nitrogen and oxygen atoms in total. The van der Waals surface area contributed by atoms with E-state index >= 15 is 0 Å². The molecule has 150 valence electrons. The van der Waals surface area contributed by atoms with Crippen molar-refractivity contribution in [2.45, 2.75) is 13.5 Å². The van der Waals surface area contributed by atoms with Crippen LogP contribution in [0, 0.1) is 6.92 Å². The standard InChI is InChI=1S/C12H11NO3.C9H8O4/c1-2-5-13-7-10(12(15)16)9-6-8(14)3-4-11(9)13;1-5-6(8(10)11)3-2-4-7(5)9(12)13/h2-4,6-7,14H,1,5H2,(H,15,16);2-4H,1H3,(H,10,11)(H,12,13). The molecular weight excluding hydrogens is 378 g/mol. The SMILES string of the molecule is C=CCn1cc(C(=O)O)c2cc(O)ccc21.Cc1c(C(=O)O)cccc1C(=O)O. The summed E-state index contributed by atoms with van der Waals surface area (Å²) in [5.74, 6) is -3.16. The predicted octanol–water partition coefficient (Wildman–Crippen LogP) is 3.62. The van der Waals surface area contributed by atoms with Crippen LogP contribution < -0.4 is 0 Å². The van der Waals surface area contributed by atoms with E-state index in [1.165, 1.54) is 37.3 Å². The third-order valence-electron chi connectivity index (χ3n) is 4.22. The summed E-state index contributed by atoms with van der Waals surface area (Å²) in [6.07, 6.45) is 3.24. The van der Waals surface area contributed by atoms with Crippen LogP contribution in [0.2, 0.25) is 0 Å². The Labute approximate surface area is 165 Å². The first kappa shape index (κ1) is 21.2. The number of benzene rings is 2. The number of carboxylic acid groups (broad SMARTS) is 3. The molecule has 4 N–H and O–H groups in total. The normalized spacial score (nSPS) is 10.1. The summed E-state index contributed by atoms with van der Waals surface area (Å²) in [7, 11) is 0. The van der Waals surface area contributed by atoms with E-state index in [0.717, 1.165) is 5.52 Å². The molecule has 0 radical (unpaired) electrons. The van der Waals surface area contributed by atoms with Gasteiger partial charge >= 0.3 is 17.9 Å². The van der Waals surface area contributed by atoms with E-state index in [-0.39, 0.29) is 28.0 Å². The maximum absolute atomic E-state index is 11.0. The summed E-state index contributed by atoms with van der Waals surface area (Å²) in [6.45, 7) is 5.63. The number of phenols is 1. The Morgan fingerprint density at radius 3 is 2.00 bits per heavy atom. The smallest absolute Gasteiger partial charge is 0.337 e. The zero-order valence-electron chi connectivity index (χ0n) is 15.5. The molecule has 0 amide bonds. The van der Waals surface area contributed by atoms with Gasteiger partial charge in [-0.1, -0.05) is 12.1 Å². The Morgan fingerprint density at radius 2 is 1.52 bits per heavy atom. The lowest BCUT2D eigenvalue weighted by molar-refractivity contribution is 0.0682. The second-order valence-electron chi connectivity index (χ2n) is 6.08. The van der Waals surface area contributed by atoms with Gasteiger partial charge in [0.1, 0.15) is 5.75 Å². The number of carbonyl (C=O) groups is 3. The molecule has 0 spiro atoms. The monoisotopic (exact) mass is 397 g/mol. The number of aromatic nitrogens is 1. The van der Waals surface area contributed by atoms with Gasteiger partial charge < -0.3 is 25.0 Å². The summed E-state index contributed by atoms with van der Waals surface area (Å²) in [5, 5.41) is 36.3. The van der Waals surface area contributed by atoms with Crippen LogP contribution in [-0.4, -0.2) is 42.9 Å². The fourth-order valence-electron chi connectivity index (χ4n) is 2.84. The highest BCUT2D eigenvalue weighted by molar-refractivity contribution is 6.04. The fourth-order valence-corrected chi connectivity index (χ4v) is 2.84. The van der Waals surface area contributed by atoms with Crippen LogP contribution >= 0.6 is 0 Å². The quantitative estimate of drug-likeness (QED) is 0.483. The number of hydrogen-bond donors (Lipinski definition) is 4. The highest BCUT2D eigenvalue weighted by Gasteiger charge is 2.14. The number of phenolic OH excluding ortho intramolecular Hbond substituents is 1. The summed E-state index contributed by atoms with van der Waals surface area (Å²) in [4.78, 5) is 32.2. The number of fused-ring (bicyclic) bond motifs is 1. The number of aromatic carboxylic acids is 3. The fraction of sp³-hybridized carbons (Fsp3) is 0.0952. The van der Waals surface area contributed by atoms with Gasteiger partial charge in [0.25, 0.3) is 0 Å². The van der Waals surface area contributed by atoms with E-state index < -0.39 is 17.9 Å². The van der Waals surface area contributed by atoms with Crippen LogP contribution in [0.25, 0.3) is 10.9 Å². The van der Waals surface area contributed by atoms with E-state index in [1.807, 2.05) is 0 Å². The van der Waals surface area contributed by atoms with Crippen molar-refractivity contribution in [2.24, 2.45) is 0 Å². The molecule has 0 saturated heterocycles. The molecule has 1 heterocycles. The van der Waals surface area contributed by atoms with E-state index in [0.29, 0.717) is 11.9 Å². The summed E-state index contributed by atoms with van der Waals surface area (Å²) >= 11 is 0. The molecule has 0 fully saturated rings. The van der Waals surface area contributed by atoms with Crippen molar-refractivity contribution >= 4 is 28.8 Å². The maximum atomic E-state index is 11.0. The van der Waals surface area contributed by atoms with Crippen LogP contribution in [0.15, 0.2) is 55.3 Å². The Bertz CT molecular complexity index is 1080. The van der Waals surface area contributed by atoms with E-state index in [2.05, 4.69) is 6.58 Å². The highest BCUT2D eigenvalue weighted by Crippen LogP contribution is 2.25. The molecule has 0 saturated carbocycles. The Hall–Kier alpha value is -4.07. The van der Waals surface area contributed by atoms with Crippen LogP contribution in [0.3, 0.4) is 0 Å². The van der Waals surface area contributed by atoms with Crippen LogP contribution in [0.1, 0.15) is 36.6 Å². The Morgan fingerprint density at radius 1 is 0.966 bits per heavy atom. The Balaban J connectivity index is 0.000000212. The van der Waals surface area contributed by atoms with Gasteiger partial charge in [-0.2, -0.15) is 0 Å². The molecule has 0 bridgehead atoms. The molecule has 0 aliphatic carbocycles. The highest BCUT2D eigenvalue weighted by atomic mass is 16.4. The van der Waals surface area contributed by atoms with Crippen molar-refractivity contribution < 1.29 is 34.8 Å². The molecule has 3 rings (SSSR count). The lowest BCUT2D eigenvalue weighted by Gasteiger charge is -2.03. The van der Waals surface area contributed by atoms with E-state index in [1.54, 1.807) is 22.9 Å². The number of nitrogens with zero attached hydrogens (tertiary/aromatic N) is 1. The van der Waals surface area contributed by atoms with E-state index in [4.69, 9.17) is 15.3 Å². The third-order valence-corrected chi connectivity index (χ3v) is 4.22. The van der Waals surface area contributed by atoms with Gasteiger partial charge in [-0.05, 0) is 42.8 Å². The van der Waals surface area contributed by atoms with E-state index in [9.17, 15) is 19.5 Å². The molecule has 1 aromatic heterocycles. The summed E-state index contributed by atoms with van der Waals surface area (Å²) in [5.41, 5.74) is 1.30. The first-order chi connectivity index (χ1) is 13.7. The molecule has 2 aromatic carbocycles. The molecule has 8 heteroatoms. The third kappa shape index (κ3) is 4.62. The largest absolute Gasteiger partial charge is 0.508 e. The lowest BCUT2D eigenvalue weighted by Crippen LogP contribution is -2.06. The number of allylic oxidation sites excluding steroid dienone is 1. The lowest BCUT2D eigenvalue weighted by atomic mass is 10.0. The van der Waals surface area contributed by atoms with Crippen molar-refractivity contribution in [1.29, 1.82) is 0 Å². The zero-order valence-corrected chi connectivity index (χ0v) is 15.5. The summed E-state index contributed by atoms with van der Waals surface area (Å²) < 4.78 is 1.78. The van der Waals surface area contributed by atoms with Gasteiger partial charge in [0.15, 0.2) is 0 Å². The minimum atomic E-state index is -1.11. The molecule has 0 aliphatic heterocycles. The van der Waals surface area contributed by atoms with Crippen molar-refractivity contribution in [3.63, 3.8) is 0 Å². The van der Waals surface area contributed by atoms with Gasteiger partial charge in [0, 0.05) is 23.6 Å². The number of hydrogen-bond acceptors (Lipinski definition) is 4. The number of rotatable bonds is 5. The van der Waals surface area contributed by atoms with Gasteiger partial charge in [-0.25, -0.2) is 14.4 Å². The van der Waals surface area contributed by atoms with Gasteiger partial charge in [-0.15, -0.1) is 6.58 Å². The summed E-state index contributed by atoms with van der Waals surface area (Å²) in [6, 6.07) is 8.86. The van der Waals surface area contributed by atoms with Crippen LogP contribution in [-0.2, 0) is 6.54 Å². The zero-order chi connectivity index (χ0) is 21.7. The van der Waals surface area contributed by atoms with Gasteiger partial charge in [0.05, 0.1) is 16.7 Å². The molecule has 0 aliphatic rings. The maximum Gasteiger partial charge on any atom is 0.337 e. The molecule has 0 unspecified atom stereocenters. The van der Waals surface area contributed by atoms with Gasteiger partial charge in [-0.3, -0.25) is 0 Å². The predicted molar refractivity (Wildman–Crippen MR) is 106 cm³/mol. The second-order valence-corrected chi connectivity index (χ2v) is 6.08. The average Bonchev–Trinajstić information content (AvgIpc) is 3.00. The second kappa shape index (κ2) is 8.75. The first-order valence-corrected chi connectivity index (χ1v) is 8.39. The van der Waals surface area contributed by atoms with Crippen molar-refractivity contribution in [3.05, 3.63) is 77.5 Å². The Kier molecular flexibility index (Phi) is 6.40. The minimum Gasteiger partial charge on any atom is -0.508 e. The van der Waals surface area contributed by atoms with Crippen molar-refractivity contribution in [2.75, 3.05) is 0 Å². The molecule has 29 heavy (non-hydrogen) atoms. The minimum absolute atomic E-state index is 0.0277. The molecule has 3 aromatic rings. The number of carboxylic acids is 3. The topological polar surface area (TPSA) is 137 Å². The first-order valence-electron chi connectivity index (χ1n) is 8.39. The van der Waals surface area contributed by atoms with Crippen LogP contribution in [0.5, 0.6) is 5.75 Å². The molecule has 0 atom stereocenters. The molecular formula is C21H19NO7. The van der Waals surface area contributed by atoms with Crippen LogP contribution in [0.4, 0.5) is 0 Å².